The van der Waals surface area contributed by atoms with E-state index in [4.69, 9.17) is 5.73 Å². The van der Waals surface area contributed by atoms with E-state index >= 15 is 4.39 Å². The van der Waals surface area contributed by atoms with E-state index in [-0.39, 0.29) is 23.6 Å². The van der Waals surface area contributed by atoms with E-state index in [0.29, 0.717) is 52.3 Å². The summed E-state index contributed by atoms with van der Waals surface area (Å²) >= 11 is 0. The Labute approximate surface area is 231 Å². The van der Waals surface area contributed by atoms with Crippen LogP contribution in [0.15, 0.2) is 60.8 Å². The summed E-state index contributed by atoms with van der Waals surface area (Å²) in [4.78, 5) is 15.4. The molecule has 40 heavy (non-hydrogen) atoms. The van der Waals surface area contributed by atoms with Crippen LogP contribution in [0.1, 0.15) is 42.6 Å². The van der Waals surface area contributed by atoms with Crippen molar-refractivity contribution in [2.75, 3.05) is 6.54 Å². The SMILES string of the molecule is CC(C)(O)Cn1ccc2cc(-c3ccc(C(=O)N4CC5CCC4C5N)cc3-c3ccc(C#N)c(F)c3)c(F)cc21. The molecular weight excluding hydrogens is 510 g/mol. The number of carbonyl (C=O) groups is 1. The Morgan fingerprint density at radius 3 is 2.50 bits per heavy atom. The molecule has 8 heteroatoms. The van der Waals surface area contributed by atoms with Crippen molar-refractivity contribution in [1.82, 2.24) is 9.47 Å². The van der Waals surface area contributed by atoms with Crippen LogP contribution in [0, 0.1) is 28.9 Å². The molecule has 1 saturated heterocycles. The first kappa shape index (κ1) is 26.2. The predicted octanol–water partition coefficient (Wildman–Crippen LogP) is 5.46. The van der Waals surface area contributed by atoms with Crippen LogP contribution in [0.25, 0.3) is 33.2 Å². The molecule has 3 unspecified atom stereocenters. The second-order valence-corrected chi connectivity index (χ2v) is 11.7. The maximum absolute atomic E-state index is 15.8. The highest BCUT2D eigenvalue weighted by Gasteiger charge is 2.46. The standard InChI is InChI=1S/C32H30F2N4O2/c1-32(2,40)17-37-10-9-19-11-25(27(34)14-29(19)37)23-7-5-20(31(39)38-16-22-6-8-28(38)30(22)36)12-24(23)18-3-4-21(15-35)26(33)13-18/h3-5,7,9-14,22,28,30,40H,6,8,16-17,36H2,1-2H3. The lowest BCUT2D eigenvalue weighted by atomic mass is 9.91. The molecule has 2 bridgehead atoms. The van der Waals surface area contributed by atoms with Gasteiger partial charge in [0.15, 0.2) is 0 Å². The Hall–Kier alpha value is -4.06. The third-order valence-electron chi connectivity index (χ3n) is 8.29. The van der Waals surface area contributed by atoms with Gasteiger partial charge in [0.05, 0.1) is 23.2 Å². The molecule has 3 N–H and O–H groups in total. The number of hydrogen-bond donors (Lipinski definition) is 2. The largest absolute Gasteiger partial charge is 0.389 e. The number of likely N-dealkylation sites (tertiary alicyclic amines) is 1. The van der Waals surface area contributed by atoms with Crippen LogP contribution in [0.3, 0.4) is 0 Å². The second kappa shape index (κ2) is 9.54. The number of nitriles is 1. The molecule has 1 amide bonds. The molecule has 1 aliphatic carbocycles. The van der Waals surface area contributed by atoms with E-state index < -0.39 is 17.2 Å². The van der Waals surface area contributed by atoms with Crippen LogP contribution in [0.5, 0.6) is 0 Å². The highest BCUT2D eigenvalue weighted by Crippen LogP contribution is 2.40. The van der Waals surface area contributed by atoms with Gasteiger partial charge < -0.3 is 20.3 Å². The predicted molar refractivity (Wildman–Crippen MR) is 149 cm³/mol. The first-order valence-electron chi connectivity index (χ1n) is 13.5. The fourth-order valence-corrected chi connectivity index (χ4v) is 6.35. The highest BCUT2D eigenvalue weighted by molar-refractivity contribution is 5.99. The number of rotatable bonds is 5. The fourth-order valence-electron chi connectivity index (χ4n) is 6.35. The summed E-state index contributed by atoms with van der Waals surface area (Å²) in [5, 5.41) is 20.3. The molecule has 1 saturated carbocycles. The zero-order valence-electron chi connectivity index (χ0n) is 22.4. The summed E-state index contributed by atoms with van der Waals surface area (Å²) in [6.45, 7) is 4.29. The summed E-state index contributed by atoms with van der Waals surface area (Å²) in [6, 6.07) is 16.1. The minimum atomic E-state index is -0.977. The zero-order valence-corrected chi connectivity index (χ0v) is 22.4. The number of aromatic nitrogens is 1. The number of carbonyl (C=O) groups excluding carboxylic acids is 1. The number of benzene rings is 3. The number of fused-ring (bicyclic) bond motifs is 3. The van der Waals surface area contributed by atoms with E-state index in [9.17, 15) is 19.6 Å². The van der Waals surface area contributed by atoms with Crippen molar-refractivity contribution in [3.05, 3.63) is 83.6 Å². The maximum atomic E-state index is 15.8. The molecule has 2 fully saturated rings. The number of hydrogen-bond acceptors (Lipinski definition) is 4. The third-order valence-corrected chi connectivity index (χ3v) is 8.29. The number of aliphatic hydroxyl groups is 1. The van der Waals surface area contributed by atoms with Crippen LogP contribution in [0.4, 0.5) is 8.78 Å². The first-order valence-corrected chi connectivity index (χ1v) is 13.5. The molecule has 0 radical (unpaired) electrons. The Balaban J connectivity index is 1.47. The summed E-state index contributed by atoms with van der Waals surface area (Å²) in [6.07, 6.45) is 3.70. The quantitative estimate of drug-likeness (QED) is 0.352. The number of amides is 1. The van der Waals surface area contributed by atoms with Gasteiger partial charge >= 0.3 is 0 Å². The van der Waals surface area contributed by atoms with Gasteiger partial charge in [-0.1, -0.05) is 12.1 Å². The Morgan fingerprint density at radius 2 is 1.85 bits per heavy atom. The molecule has 2 heterocycles. The molecule has 4 aromatic rings. The van der Waals surface area contributed by atoms with Gasteiger partial charge in [-0.05, 0) is 91.8 Å². The van der Waals surface area contributed by atoms with Gasteiger partial charge in [0.25, 0.3) is 5.91 Å². The van der Waals surface area contributed by atoms with Gasteiger partial charge in [0.1, 0.15) is 17.7 Å². The monoisotopic (exact) mass is 540 g/mol. The molecule has 3 aromatic carbocycles. The van der Waals surface area contributed by atoms with Crippen molar-refractivity contribution < 1.29 is 18.7 Å². The maximum Gasteiger partial charge on any atom is 0.254 e. The minimum Gasteiger partial charge on any atom is -0.389 e. The second-order valence-electron chi connectivity index (χ2n) is 11.7. The number of nitrogens with two attached hydrogens (primary N) is 1. The van der Waals surface area contributed by atoms with E-state index in [2.05, 4.69) is 0 Å². The fraction of sp³-hybridized carbons (Fsp3) is 0.312. The van der Waals surface area contributed by atoms with Crippen LogP contribution >= 0.6 is 0 Å². The average molecular weight is 541 g/mol. The normalized spacial score (nSPS) is 20.3. The molecule has 3 atom stereocenters. The number of piperidine rings is 1. The first-order chi connectivity index (χ1) is 19.0. The molecule has 204 valence electrons. The molecule has 6 rings (SSSR count). The summed E-state index contributed by atoms with van der Waals surface area (Å²) < 4.78 is 32.3. The van der Waals surface area contributed by atoms with Crippen molar-refractivity contribution in [3.8, 4) is 28.3 Å². The lowest BCUT2D eigenvalue weighted by molar-refractivity contribution is 0.0627. The molecule has 0 spiro atoms. The van der Waals surface area contributed by atoms with Crippen molar-refractivity contribution >= 4 is 16.8 Å². The third kappa shape index (κ3) is 4.45. The van der Waals surface area contributed by atoms with E-state index in [1.54, 1.807) is 54.9 Å². The minimum absolute atomic E-state index is 0.000713. The van der Waals surface area contributed by atoms with Crippen molar-refractivity contribution in [1.29, 1.82) is 5.26 Å². The lowest BCUT2D eigenvalue weighted by Crippen LogP contribution is -2.41. The molecular formula is C32H30F2N4O2. The van der Waals surface area contributed by atoms with E-state index in [0.717, 1.165) is 18.2 Å². The molecule has 6 nitrogen and oxygen atoms in total. The van der Waals surface area contributed by atoms with Crippen LogP contribution in [-0.2, 0) is 6.54 Å². The average Bonchev–Trinajstić information content (AvgIpc) is 3.58. The van der Waals surface area contributed by atoms with Crippen molar-refractivity contribution in [2.45, 2.75) is 50.9 Å². The smallest absolute Gasteiger partial charge is 0.254 e. The summed E-state index contributed by atoms with van der Waals surface area (Å²) in [5.74, 6) is -1.03. The van der Waals surface area contributed by atoms with Gasteiger partial charge in [-0.25, -0.2) is 8.78 Å². The lowest BCUT2D eigenvalue weighted by Gasteiger charge is -2.27. The summed E-state index contributed by atoms with van der Waals surface area (Å²) in [7, 11) is 0. The van der Waals surface area contributed by atoms with E-state index in [1.807, 2.05) is 17.0 Å². The van der Waals surface area contributed by atoms with Gasteiger partial charge in [-0.3, -0.25) is 4.79 Å². The highest BCUT2D eigenvalue weighted by atomic mass is 19.1. The molecule has 2 aliphatic rings. The van der Waals surface area contributed by atoms with Crippen molar-refractivity contribution in [3.63, 3.8) is 0 Å². The number of halogens is 2. The Kier molecular flexibility index (Phi) is 6.25. The van der Waals surface area contributed by atoms with Gasteiger partial charge in [-0.15, -0.1) is 0 Å². The van der Waals surface area contributed by atoms with Crippen LogP contribution in [0.2, 0.25) is 0 Å². The molecule has 1 aliphatic heterocycles. The topological polar surface area (TPSA) is 95.3 Å². The summed E-state index contributed by atoms with van der Waals surface area (Å²) in [5.41, 5.74) is 8.03. The van der Waals surface area contributed by atoms with E-state index in [1.165, 1.54) is 18.2 Å². The van der Waals surface area contributed by atoms with Crippen molar-refractivity contribution in [2.24, 2.45) is 11.7 Å². The Bertz CT molecular complexity index is 1700. The van der Waals surface area contributed by atoms with Gasteiger partial charge in [-0.2, -0.15) is 5.26 Å². The number of nitrogens with zero attached hydrogens (tertiary/aromatic N) is 3. The molecule has 1 aromatic heterocycles. The Morgan fingerprint density at radius 1 is 1.05 bits per heavy atom. The van der Waals surface area contributed by atoms with Gasteiger partial charge in [0.2, 0.25) is 0 Å². The zero-order chi connectivity index (χ0) is 28.3. The van der Waals surface area contributed by atoms with Crippen LogP contribution in [-0.4, -0.2) is 44.7 Å². The van der Waals surface area contributed by atoms with Crippen LogP contribution < -0.4 is 5.73 Å². The van der Waals surface area contributed by atoms with Gasteiger partial charge in [0, 0.05) is 41.3 Å².